The number of piperidine rings is 1. The number of carbonyl (C=O) groups is 4. The van der Waals surface area contributed by atoms with E-state index < -0.39 is 18.0 Å². The van der Waals surface area contributed by atoms with Crippen molar-refractivity contribution in [3.8, 4) is 0 Å². The van der Waals surface area contributed by atoms with Gasteiger partial charge in [0.15, 0.2) is 0 Å². The van der Waals surface area contributed by atoms with Gasteiger partial charge >= 0.3 is 6.09 Å². The molecule has 2 atom stereocenters. The van der Waals surface area contributed by atoms with E-state index in [9.17, 15) is 19.2 Å². The lowest BCUT2D eigenvalue weighted by Crippen LogP contribution is -2.52. The van der Waals surface area contributed by atoms with Gasteiger partial charge in [0.2, 0.25) is 11.8 Å². The summed E-state index contributed by atoms with van der Waals surface area (Å²) in [6.45, 7) is 0.931. The van der Waals surface area contributed by atoms with Gasteiger partial charge in [-0.15, -0.1) is 0 Å². The molecule has 2 unspecified atom stereocenters. The Morgan fingerprint density at radius 2 is 2.07 bits per heavy atom. The van der Waals surface area contributed by atoms with Crippen molar-refractivity contribution < 1.29 is 28.7 Å². The molecule has 2 heterocycles. The molecule has 2 aliphatic heterocycles. The molecule has 160 valence electrons. The monoisotopic (exact) mass is 415 g/mol. The highest BCUT2D eigenvalue weighted by atomic mass is 16.6. The molecule has 1 aromatic carbocycles. The zero-order valence-electron chi connectivity index (χ0n) is 16.8. The second kappa shape index (κ2) is 8.43. The Bertz CT molecular complexity index is 881. The first kappa shape index (κ1) is 20.3. The van der Waals surface area contributed by atoms with Crippen LogP contribution in [-0.4, -0.2) is 54.6 Å². The highest BCUT2D eigenvalue weighted by Gasteiger charge is 2.39. The molecule has 0 aromatic heterocycles. The summed E-state index contributed by atoms with van der Waals surface area (Å²) in [6.07, 6.45) is 1.88. The summed E-state index contributed by atoms with van der Waals surface area (Å²) >= 11 is 0. The Hall–Kier alpha value is -2.94. The predicted molar refractivity (Wildman–Crippen MR) is 104 cm³/mol. The molecule has 2 fully saturated rings. The van der Waals surface area contributed by atoms with E-state index in [0.717, 1.165) is 24.0 Å². The van der Waals surface area contributed by atoms with Crippen LogP contribution in [-0.2, 0) is 32.2 Å². The van der Waals surface area contributed by atoms with Crippen LogP contribution in [0.15, 0.2) is 18.2 Å². The minimum Gasteiger partial charge on any atom is -0.443 e. The maximum absolute atomic E-state index is 12.8. The second-order valence-corrected chi connectivity index (χ2v) is 7.98. The molecule has 2 N–H and O–H groups in total. The van der Waals surface area contributed by atoms with Crippen LogP contribution in [0.4, 0.5) is 4.79 Å². The number of carbonyl (C=O) groups excluding carboxylic acids is 4. The number of amides is 4. The largest absolute Gasteiger partial charge is 0.443 e. The molecule has 1 aromatic rings. The van der Waals surface area contributed by atoms with E-state index in [1.807, 2.05) is 12.1 Å². The van der Waals surface area contributed by atoms with Crippen molar-refractivity contribution in [2.75, 3.05) is 13.7 Å². The molecule has 4 amide bonds. The van der Waals surface area contributed by atoms with Crippen LogP contribution in [0.5, 0.6) is 0 Å². The summed E-state index contributed by atoms with van der Waals surface area (Å²) in [6, 6.07) is 4.77. The normalized spacial score (nSPS) is 21.8. The van der Waals surface area contributed by atoms with Gasteiger partial charge in [-0.05, 0) is 42.4 Å². The first-order valence-electron chi connectivity index (χ1n) is 10.2. The summed E-state index contributed by atoms with van der Waals surface area (Å²) in [5.41, 5.74) is 2.10. The standard InChI is InChI=1S/C21H25N3O6/c1-29-11-17(13-4-5-13)30-21(28)22-9-12-2-3-14-10-24(20(27)15(14)8-12)16-6-7-18(25)23-19(16)26/h2-3,8,13,16-17H,4-7,9-11H2,1H3,(H,22,28)(H,23,25,26). The van der Waals surface area contributed by atoms with Gasteiger partial charge in [-0.3, -0.25) is 19.7 Å². The molecule has 9 nitrogen and oxygen atoms in total. The molecule has 3 aliphatic rings. The van der Waals surface area contributed by atoms with Crippen molar-refractivity contribution in [1.29, 1.82) is 0 Å². The molecular formula is C21H25N3O6. The molecular weight excluding hydrogens is 390 g/mol. The molecule has 9 heteroatoms. The number of alkyl carbamates (subject to hydrolysis) is 1. The van der Waals surface area contributed by atoms with Crippen LogP contribution in [0.3, 0.4) is 0 Å². The van der Waals surface area contributed by atoms with Crippen LogP contribution in [0.2, 0.25) is 0 Å². The van der Waals surface area contributed by atoms with Crippen molar-refractivity contribution in [3.05, 3.63) is 34.9 Å². The van der Waals surface area contributed by atoms with Gasteiger partial charge in [-0.2, -0.15) is 0 Å². The molecule has 0 spiro atoms. The van der Waals surface area contributed by atoms with E-state index >= 15 is 0 Å². The SMILES string of the molecule is COCC(OC(=O)NCc1ccc2c(c1)C(=O)N(C1CCC(=O)NC1=O)C2)C1CC1. The first-order chi connectivity index (χ1) is 14.5. The smallest absolute Gasteiger partial charge is 0.407 e. The van der Waals surface area contributed by atoms with Gasteiger partial charge in [0.25, 0.3) is 5.91 Å². The third-order valence-corrected chi connectivity index (χ3v) is 5.77. The number of nitrogens with one attached hydrogen (secondary N) is 2. The number of ether oxygens (including phenoxy) is 2. The number of nitrogens with zero attached hydrogens (tertiary/aromatic N) is 1. The number of hydrogen-bond donors (Lipinski definition) is 2. The lowest BCUT2D eigenvalue weighted by Gasteiger charge is -2.29. The topological polar surface area (TPSA) is 114 Å². The Labute approximate surface area is 174 Å². The third kappa shape index (κ3) is 4.30. The lowest BCUT2D eigenvalue weighted by molar-refractivity contribution is -0.136. The highest BCUT2D eigenvalue weighted by Crippen LogP contribution is 2.34. The summed E-state index contributed by atoms with van der Waals surface area (Å²) in [5.74, 6) is -0.613. The Morgan fingerprint density at radius 1 is 1.27 bits per heavy atom. The Morgan fingerprint density at radius 3 is 2.77 bits per heavy atom. The van der Waals surface area contributed by atoms with E-state index in [1.165, 1.54) is 4.90 Å². The average molecular weight is 415 g/mol. The minimum absolute atomic E-state index is 0.221. The van der Waals surface area contributed by atoms with Crippen molar-refractivity contribution in [1.82, 2.24) is 15.5 Å². The van der Waals surface area contributed by atoms with Gasteiger partial charge in [0.1, 0.15) is 12.1 Å². The molecule has 30 heavy (non-hydrogen) atoms. The molecule has 0 bridgehead atoms. The first-order valence-corrected chi connectivity index (χ1v) is 10.2. The number of methoxy groups -OCH3 is 1. The number of hydrogen-bond acceptors (Lipinski definition) is 6. The number of imide groups is 1. The van der Waals surface area contributed by atoms with E-state index in [4.69, 9.17) is 9.47 Å². The van der Waals surface area contributed by atoms with Gasteiger partial charge in [-0.25, -0.2) is 4.79 Å². The zero-order chi connectivity index (χ0) is 21.3. The molecule has 1 saturated carbocycles. The Balaban J connectivity index is 1.35. The maximum atomic E-state index is 12.8. The summed E-state index contributed by atoms with van der Waals surface area (Å²) in [7, 11) is 1.58. The summed E-state index contributed by atoms with van der Waals surface area (Å²) in [4.78, 5) is 50.0. The van der Waals surface area contributed by atoms with Crippen LogP contribution in [0.25, 0.3) is 0 Å². The summed E-state index contributed by atoms with van der Waals surface area (Å²) in [5, 5.41) is 5.01. The highest BCUT2D eigenvalue weighted by molar-refractivity contribution is 6.05. The van der Waals surface area contributed by atoms with E-state index in [-0.39, 0.29) is 30.9 Å². The van der Waals surface area contributed by atoms with Crippen LogP contribution < -0.4 is 10.6 Å². The molecule has 4 rings (SSSR count). The molecule has 0 radical (unpaired) electrons. The average Bonchev–Trinajstić information content (AvgIpc) is 3.51. The van der Waals surface area contributed by atoms with Gasteiger partial charge < -0.3 is 19.7 Å². The third-order valence-electron chi connectivity index (χ3n) is 5.77. The van der Waals surface area contributed by atoms with Crippen LogP contribution >= 0.6 is 0 Å². The van der Waals surface area contributed by atoms with Crippen molar-refractivity contribution >= 4 is 23.8 Å². The lowest BCUT2D eigenvalue weighted by atomic mass is 10.0. The van der Waals surface area contributed by atoms with Crippen molar-refractivity contribution in [3.63, 3.8) is 0 Å². The number of rotatable bonds is 7. The molecule has 1 saturated heterocycles. The Kier molecular flexibility index (Phi) is 5.72. The van der Waals surface area contributed by atoms with E-state index in [2.05, 4.69) is 10.6 Å². The van der Waals surface area contributed by atoms with E-state index in [1.54, 1.807) is 13.2 Å². The van der Waals surface area contributed by atoms with Crippen LogP contribution in [0.1, 0.15) is 47.2 Å². The van der Waals surface area contributed by atoms with Crippen LogP contribution in [0, 0.1) is 5.92 Å². The van der Waals surface area contributed by atoms with E-state index in [0.29, 0.717) is 31.1 Å². The van der Waals surface area contributed by atoms with Gasteiger partial charge in [0, 0.05) is 32.2 Å². The fourth-order valence-electron chi connectivity index (χ4n) is 3.96. The molecule has 1 aliphatic carbocycles. The predicted octanol–water partition coefficient (Wildman–Crippen LogP) is 1.10. The quantitative estimate of drug-likeness (QED) is 0.645. The number of benzene rings is 1. The number of fused-ring (bicyclic) bond motifs is 1. The fraction of sp³-hybridized carbons (Fsp3) is 0.524. The maximum Gasteiger partial charge on any atom is 0.407 e. The van der Waals surface area contributed by atoms with Gasteiger partial charge in [-0.1, -0.05) is 12.1 Å². The fourth-order valence-corrected chi connectivity index (χ4v) is 3.96. The van der Waals surface area contributed by atoms with Gasteiger partial charge in [0.05, 0.1) is 6.61 Å². The summed E-state index contributed by atoms with van der Waals surface area (Å²) < 4.78 is 10.6. The van der Waals surface area contributed by atoms with Crippen molar-refractivity contribution in [2.45, 2.75) is 50.9 Å². The minimum atomic E-state index is -0.640. The van der Waals surface area contributed by atoms with Crippen molar-refractivity contribution in [2.24, 2.45) is 5.92 Å². The zero-order valence-corrected chi connectivity index (χ0v) is 16.8. The second-order valence-electron chi connectivity index (χ2n) is 7.98.